The van der Waals surface area contributed by atoms with Gasteiger partial charge in [0.2, 0.25) is 0 Å². The topological polar surface area (TPSA) is 49.6 Å². The Morgan fingerprint density at radius 2 is 2.00 bits per heavy atom. The molecule has 0 spiro atoms. The summed E-state index contributed by atoms with van der Waals surface area (Å²) in [5.41, 5.74) is 9.16. The number of anilines is 1. The average Bonchev–Trinajstić information content (AvgIpc) is 2.36. The largest absolute Gasteiger partial charge is 0.330 e. The predicted molar refractivity (Wildman–Crippen MR) is 73.8 cm³/mol. The number of urea groups is 1. The van der Waals surface area contributed by atoms with Gasteiger partial charge in [0.1, 0.15) is 0 Å². The molecule has 0 aliphatic carbocycles. The molecule has 18 heavy (non-hydrogen) atoms. The first kappa shape index (κ1) is 12.9. The van der Waals surface area contributed by atoms with Crippen LogP contribution in [0.3, 0.4) is 0 Å². The van der Waals surface area contributed by atoms with Crippen LogP contribution in [0.1, 0.15) is 11.1 Å². The van der Waals surface area contributed by atoms with Crippen molar-refractivity contribution >= 4 is 11.7 Å². The number of nitrogens with zero attached hydrogens (tertiary/aromatic N) is 2. The van der Waals surface area contributed by atoms with Crippen molar-refractivity contribution in [1.29, 1.82) is 0 Å². The van der Waals surface area contributed by atoms with Gasteiger partial charge in [-0.2, -0.15) is 0 Å². The lowest BCUT2D eigenvalue weighted by Crippen LogP contribution is -2.53. The van der Waals surface area contributed by atoms with Crippen LogP contribution in [0.5, 0.6) is 0 Å². The van der Waals surface area contributed by atoms with Gasteiger partial charge in [0.05, 0.1) is 0 Å². The number of amides is 2. The van der Waals surface area contributed by atoms with Gasteiger partial charge in [-0.15, -0.1) is 0 Å². The van der Waals surface area contributed by atoms with E-state index in [2.05, 4.69) is 26.0 Å². The Hall–Kier alpha value is -1.55. The molecule has 2 amide bonds. The van der Waals surface area contributed by atoms with E-state index in [1.54, 1.807) is 4.90 Å². The SMILES string of the molecule is Cc1ccc(N2CC(CN)CN(C)C2=O)cc1C. The summed E-state index contributed by atoms with van der Waals surface area (Å²) in [4.78, 5) is 15.8. The minimum atomic E-state index is 0.0583. The Bertz CT molecular complexity index is 458. The maximum absolute atomic E-state index is 12.2. The van der Waals surface area contributed by atoms with Gasteiger partial charge in [-0.05, 0) is 43.7 Å². The monoisotopic (exact) mass is 247 g/mol. The normalized spacial score (nSPS) is 20.4. The molecule has 1 atom stereocenters. The molecule has 1 heterocycles. The lowest BCUT2D eigenvalue weighted by Gasteiger charge is -2.38. The summed E-state index contributed by atoms with van der Waals surface area (Å²) in [5.74, 6) is 0.342. The molecule has 1 aliphatic rings. The second kappa shape index (κ2) is 4.98. The molecular weight excluding hydrogens is 226 g/mol. The van der Waals surface area contributed by atoms with Gasteiger partial charge < -0.3 is 10.6 Å². The third kappa shape index (κ3) is 2.34. The summed E-state index contributed by atoms with van der Waals surface area (Å²) in [5, 5.41) is 0. The molecule has 1 aliphatic heterocycles. The van der Waals surface area contributed by atoms with E-state index in [0.29, 0.717) is 19.0 Å². The van der Waals surface area contributed by atoms with Gasteiger partial charge in [-0.3, -0.25) is 4.90 Å². The van der Waals surface area contributed by atoms with Crippen LogP contribution in [0.2, 0.25) is 0 Å². The van der Waals surface area contributed by atoms with Crippen LogP contribution in [0.15, 0.2) is 18.2 Å². The van der Waals surface area contributed by atoms with Gasteiger partial charge in [-0.1, -0.05) is 6.07 Å². The van der Waals surface area contributed by atoms with Crippen molar-refractivity contribution in [2.75, 3.05) is 31.6 Å². The van der Waals surface area contributed by atoms with Crippen molar-refractivity contribution in [2.24, 2.45) is 11.7 Å². The molecule has 4 nitrogen and oxygen atoms in total. The van der Waals surface area contributed by atoms with Gasteiger partial charge >= 0.3 is 6.03 Å². The van der Waals surface area contributed by atoms with Crippen LogP contribution in [0, 0.1) is 19.8 Å². The van der Waals surface area contributed by atoms with E-state index < -0.39 is 0 Å². The molecule has 0 bridgehead atoms. The van der Waals surface area contributed by atoms with Crippen molar-refractivity contribution in [1.82, 2.24) is 4.90 Å². The fourth-order valence-corrected chi connectivity index (χ4v) is 2.32. The number of aryl methyl sites for hydroxylation is 2. The fourth-order valence-electron chi connectivity index (χ4n) is 2.32. The van der Waals surface area contributed by atoms with Crippen LogP contribution in [-0.4, -0.2) is 37.6 Å². The van der Waals surface area contributed by atoms with E-state index in [1.807, 2.05) is 18.0 Å². The lowest BCUT2D eigenvalue weighted by atomic mass is 10.0. The zero-order chi connectivity index (χ0) is 13.3. The Kier molecular flexibility index (Phi) is 3.57. The Morgan fingerprint density at radius 1 is 1.28 bits per heavy atom. The summed E-state index contributed by atoms with van der Waals surface area (Å²) < 4.78 is 0. The molecule has 0 radical (unpaired) electrons. The Labute approximate surface area is 108 Å². The number of nitrogens with two attached hydrogens (primary N) is 1. The summed E-state index contributed by atoms with van der Waals surface area (Å²) in [7, 11) is 1.83. The molecule has 1 unspecified atom stereocenters. The number of carbonyl (C=O) groups is 1. The van der Waals surface area contributed by atoms with Gasteiger partial charge in [0, 0.05) is 31.7 Å². The van der Waals surface area contributed by atoms with Crippen molar-refractivity contribution in [2.45, 2.75) is 13.8 Å². The van der Waals surface area contributed by atoms with Crippen molar-refractivity contribution in [3.05, 3.63) is 29.3 Å². The van der Waals surface area contributed by atoms with E-state index in [9.17, 15) is 4.79 Å². The number of rotatable bonds is 2. The van der Waals surface area contributed by atoms with Gasteiger partial charge in [-0.25, -0.2) is 4.79 Å². The third-order valence-electron chi connectivity index (χ3n) is 3.67. The highest BCUT2D eigenvalue weighted by Crippen LogP contribution is 2.23. The highest BCUT2D eigenvalue weighted by atomic mass is 16.2. The highest BCUT2D eigenvalue weighted by molar-refractivity contribution is 5.92. The summed E-state index contributed by atoms with van der Waals surface area (Å²) in [6.07, 6.45) is 0. The molecule has 1 aromatic rings. The molecule has 2 N–H and O–H groups in total. The van der Waals surface area contributed by atoms with Crippen LogP contribution in [0.25, 0.3) is 0 Å². The van der Waals surface area contributed by atoms with Crippen molar-refractivity contribution in [3.63, 3.8) is 0 Å². The molecule has 0 aromatic heterocycles. The van der Waals surface area contributed by atoms with E-state index >= 15 is 0 Å². The third-order valence-corrected chi connectivity index (χ3v) is 3.67. The van der Waals surface area contributed by atoms with Gasteiger partial charge in [0.15, 0.2) is 0 Å². The number of benzene rings is 1. The fraction of sp³-hybridized carbons (Fsp3) is 0.500. The second-order valence-electron chi connectivity index (χ2n) is 5.14. The summed E-state index contributed by atoms with van der Waals surface area (Å²) in [6.45, 7) is 6.21. The molecule has 2 rings (SSSR count). The minimum absolute atomic E-state index is 0.0583. The predicted octanol–water partition coefficient (Wildman–Crippen LogP) is 1.75. The first-order valence-electron chi connectivity index (χ1n) is 6.33. The summed E-state index contributed by atoms with van der Waals surface area (Å²) in [6, 6.07) is 6.19. The number of hydrogen-bond donors (Lipinski definition) is 1. The van der Waals surface area contributed by atoms with E-state index in [4.69, 9.17) is 5.73 Å². The molecule has 98 valence electrons. The molecule has 0 saturated carbocycles. The minimum Gasteiger partial charge on any atom is -0.330 e. The zero-order valence-corrected chi connectivity index (χ0v) is 11.3. The zero-order valence-electron chi connectivity index (χ0n) is 11.3. The molecule has 1 aromatic carbocycles. The maximum atomic E-state index is 12.2. The molecule has 4 heteroatoms. The molecule has 1 saturated heterocycles. The second-order valence-corrected chi connectivity index (χ2v) is 5.14. The molecule has 1 fully saturated rings. The Morgan fingerprint density at radius 3 is 2.61 bits per heavy atom. The average molecular weight is 247 g/mol. The summed E-state index contributed by atoms with van der Waals surface area (Å²) >= 11 is 0. The van der Waals surface area contributed by atoms with E-state index in [-0.39, 0.29) is 6.03 Å². The van der Waals surface area contributed by atoms with E-state index in [1.165, 1.54) is 11.1 Å². The smallest absolute Gasteiger partial charge is 0.324 e. The van der Waals surface area contributed by atoms with Crippen molar-refractivity contribution < 1.29 is 4.79 Å². The molecular formula is C14H21N3O. The highest BCUT2D eigenvalue weighted by Gasteiger charge is 2.29. The standard InChI is InChI=1S/C14H21N3O/c1-10-4-5-13(6-11(10)2)17-9-12(7-15)8-16(3)14(17)18/h4-6,12H,7-9,15H2,1-3H3. The Balaban J connectivity index is 2.29. The van der Waals surface area contributed by atoms with Crippen LogP contribution in [0.4, 0.5) is 10.5 Å². The first-order valence-corrected chi connectivity index (χ1v) is 6.33. The van der Waals surface area contributed by atoms with Gasteiger partial charge in [0.25, 0.3) is 0 Å². The lowest BCUT2D eigenvalue weighted by molar-refractivity contribution is 0.194. The van der Waals surface area contributed by atoms with E-state index in [0.717, 1.165) is 12.2 Å². The van der Waals surface area contributed by atoms with Crippen LogP contribution >= 0.6 is 0 Å². The van der Waals surface area contributed by atoms with Crippen molar-refractivity contribution in [3.8, 4) is 0 Å². The van der Waals surface area contributed by atoms with Crippen LogP contribution in [-0.2, 0) is 0 Å². The quantitative estimate of drug-likeness (QED) is 0.865. The number of carbonyl (C=O) groups excluding carboxylic acids is 1. The maximum Gasteiger partial charge on any atom is 0.324 e. The van der Waals surface area contributed by atoms with Crippen LogP contribution < -0.4 is 10.6 Å². The first-order chi connectivity index (χ1) is 8.52. The number of hydrogen-bond acceptors (Lipinski definition) is 2.